The molecular formula is C24H22N2O7S. The van der Waals surface area contributed by atoms with Crippen LogP contribution in [-0.2, 0) is 19.6 Å². The third-order valence-electron chi connectivity index (χ3n) is 5.61. The van der Waals surface area contributed by atoms with Crippen LogP contribution < -0.4 is 14.8 Å². The summed E-state index contributed by atoms with van der Waals surface area (Å²) in [6.45, 7) is 3.45. The first kappa shape index (κ1) is 23.3. The Morgan fingerprint density at radius 1 is 1.06 bits per heavy atom. The van der Waals surface area contributed by atoms with Crippen LogP contribution in [0, 0.1) is 13.8 Å². The lowest BCUT2D eigenvalue weighted by Gasteiger charge is -2.23. The van der Waals surface area contributed by atoms with E-state index in [1.165, 1.54) is 31.4 Å². The second-order valence-electron chi connectivity index (χ2n) is 7.84. The molecule has 1 aliphatic heterocycles. The minimum atomic E-state index is -3.95. The molecule has 3 aromatic rings. The Labute approximate surface area is 196 Å². The molecule has 3 N–H and O–H groups in total. The molecular weight excluding hydrogens is 460 g/mol. The lowest BCUT2D eigenvalue weighted by atomic mass is 9.97. The maximum atomic E-state index is 13.2. The number of aliphatic hydroxyl groups excluding tert-OH is 1. The predicted molar refractivity (Wildman–Crippen MR) is 124 cm³/mol. The van der Waals surface area contributed by atoms with E-state index in [4.69, 9.17) is 14.3 Å². The highest BCUT2D eigenvalue weighted by Gasteiger charge is 2.48. The molecule has 1 aromatic heterocycles. The van der Waals surface area contributed by atoms with Gasteiger partial charge in [0.2, 0.25) is 10.0 Å². The zero-order chi connectivity index (χ0) is 24.8. The van der Waals surface area contributed by atoms with Gasteiger partial charge < -0.3 is 14.3 Å². The van der Waals surface area contributed by atoms with Gasteiger partial charge in [0.15, 0.2) is 0 Å². The van der Waals surface area contributed by atoms with E-state index in [-0.39, 0.29) is 27.7 Å². The van der Waals surface area contributed by atoms with Gasteiger partial charge in [0.05, 0.1) is 17.6 Å². The summed E-state index contributed by atoms with van der Waals surface area (Å²) in [5, 5.41) is 16.4. The number of anilines is 1. The van der Waals surface area contributed by atoms with Crippen LogP contribution >= 0.6 is 0 Å². The molecule has 1 atom stereocenters. The molecule has 1 unspecified atom stereocenters. The lowest BCUT2D eigenvalue weighted by Crippen LogP contribution is -2.29. The second kappa shape index (κ2) is 8.47. The Morgan fingerprint density at radius 2 is 1.74 bits per heavy atom. The molecule has 34 heavy (non-hydrogen) atoms. The molecule has 176 valence electrons. The molecule has 2 heterocycles. The molecule has 0 spiro atoms. The van der Waals surface area contributed by atoms with Crippen molar-refractivity contribution >= 4 is 33.2 Å². The number of sulfonamides is 1. The Balaban J connectivity index is 1.91. The number of ketones is 1. The summed E-state index contributed by atoms with van der Waals surface area (Å²) in [6, 6.07) is 12.4. The first-order valence-electron chi connectivity index (χ1n) is 10.2. The van der Waals surface area contributed by atoms with Crippen molar-refractivity contribution in [3.05, 3.63) is 82.8 Å². The number of hydrogen-bond donors (Lipinski definition) is 2. The highest BCUT2D eigenvalue weighted by Crippen LogP contribution is 2.43. The first-order valence-corrected chi connectivity index (χ1v) is 11.7. The molecule has 1 amide bonds. The fourth-order valence-corrected chi connectivity index (χ4v) is 4.45. The van der Waals surface area contributed by atoms with E-state index < -0.39 is 27.8 Å². The van der Waals surface area contributed by atoms with Crippen LogP contribution in [0.5, 0.6) is 5.75 Å². The number of aryl methyl sites for hydroxylation is 2. The number of primary sulfonamides is 1. The molecule has 2 aromatic carbocycles. The normalized spacial score (nSPS) is 17.9. The SMILES string of the molecule is COc1ccc(/C(O)=C2/C(=O)C(=O)N(c3ccc(S(N)(=O)=O)cc3)C2c2ccc(C)o2)c(C)c1. The van der Waals surface area contributed by atoms with E-state index in [9.17, 15) is 23.1 Å². The summed E-state index contributed by atoms with van der Waals surface area (Å²) in [6.07, 6.45) is 0. The Bertz CT molecular complexity index is 1440. The molecule has 10 heteroatoms. The van der Waals surface area contributed by atoms with E-state index in [0.717, 1.165) is 4.90 Å². The summed E-state index contributed by atoms with van der Waals surface area (Å²) in [4.78, 5) is 27.3. The van der Waals surface area contributed by atoms with Gasteiger partial charge >= 0.3 is 0 Å². The molecule has 4 rings (SSSR count). The number of ether oxygens (including phenoxy) is 1. The van der Waals surface area contributed by atoms with Gasteiger partial charge in [-0.25, -0.2) is 13.6 Å². The number of nitrogens with zero attached hydrogens (tertiary/aromatic N) is 1. The second-order valence-corrected chi connectivity index (χ2v) is 9.40. The van der Waals surface area contributed by atoms with Crippen molar-refractivity contribution in [2.45, 2.75) is 24.8 Å². The summed E-state index contributed by atoms with van der Waals surface area (Å²) >= 11 is 0. The van der Waals surface area contributed by atoms with E-state index in [1.54, 1.807) is 44.2 Å². The van der Waals surface area contributed by atoms with Crippen LogP contribution in [0.1, 0.15) is 28.7 Å². The largest absolute Gasteiger partial charge is 0.507 e. The zero-order valence-corrected chi connectivity index (χ0v) is 19.4. The topological polar surface area (TPSA) is 140 Å². The van der Waals surface area contributed by atoms with Gasteiger partial charge in [-0.3, -0.25) is 14.5 Å². The summed E-state index contributed by atoms with van der Waals surface area (Å²) in [7, 11) is -2.43. The van der Waals surface area contributed by atoms with E-state index in [1.807, 2.05) is 0 Å². The number of amides is 1. The molecule has 1 saturated heterocycles. The Kier molecular flexibility index (Phi) is 5.80. The fourth-order valence-electron chi connectivity index (χ4n) is 3.94. The van der Waals surface area contributed by atoms with Gasteiger partial charge in [-0.15, -0.1) is 0 Å². The van der Waals surface area contributed by atoms with Crippen LogP contribution in [0.3, 0.4) is 0 Å². The van der Waals surface area contributed by atoms with Gasteiger partial charge in [0.1, 0.15) is 29.1 Å². The smallest absolute Gasteiger partial charge is 0.300 e. The minimum Gasteiger partial charge on any atom is -0.507 e. The number of hydrogen-bond acceptors (Lipinski definition) is 7. The van der Waals surface area contributed by atoms with Crippen molar-refractivity contribution in [1.29, 1.82) is 0 Å². The number of aliphatic hydroxyl groups is 1. The van der Waals surface area contributed by atoms with Crippen molar-refractivity contribution < 1.29 is 32.3 Å². The van der Waals surface area contributed by atoms with E-state index >= 15 is 0 Å². The number of rotatable bonds is 5. The highest BCUT2D eigenvalue weighted by molar-refractivity contribution is 7.89. The van der Waals surface area contributed by atoms with Gasteiger partial charge in [-0.1, -0.05) is 0 Å². The standard InChI is InChI=1S/C24H22N2O7S/c1-13-12-16(32-3)7-10-18(13)22(27)20-21(19-11-4-14(2)33-19)26(24(29)23(20)28)15-5-8-17(9-6-15)34(25,30)31/h4-12,21,27H,1-3H3,(H2,25,30,31)/b22-20-. The summed E-state index contributed by atoms with van der Waals surface area (Å²) in [5.41, 5.74) is 1.08. The van der Waals surface area contributed by atoms with Gasteiger partial charge in [-0.2, -0.15) is 0 Å². The predicted octanol–water partition coefficient (Wildman–Crippen LogP) is 3.18. The maximum Gasteiger partial charge on any atom is 0.300 e. The molecule has 0 bridgehead atoms. The van der Waals surface area contributed by atoms with E-state index in [2.05, 4.69) is 0 Å². The van der Waals surface area contributed by atoms with Crippen LogP contribution in [-0.4, -0.2) is 32.3 Å². The van der Waals surface area contributed by atoms with Crippen LogP contribution in [0.25, 0.3) is 5.76 Å². The average Bonchev–Trinajstić information content (AvgIpc) is 3.33. The molecule has 0 aliphatic carbocycles. The quantitative estimate of drug-likeness (QED) is 0.323. The van der Waals surface area contributed by atoms with Crippen molar-refractivity contribution in [3.8, 4) is 5.75 Å². The highest BCUT2D eigenvalue weighted by atomic mass is 32.2. The maximum absolute atomic E-state index is 13.2. The summed E-state index contributed by atoms with van der Waals surface area (Å²) in [5.74, 6) is -0.771. The Hall–Kier alpha value is -3.89. The van der Waals surface area contributed by atoms with Crippen molar-refractivity contribution in [3.63, 3.8) is 0 Å². The van der Waals surface area contributed by atoms with Gasteiger partial charge in [0, 0.05) is 11.3 Å². The number of nitrogens with two attached hydrogens (primary N) is 1. The number of carbonyl (C=O) groups excluding carboxylic acids is 2. The van der Waals surface area contributed by atoms with E-state index in [0.29, 0.717) is 22.6 Å². The zero-order valence-electron chi connectivity index (χ0n) is 18.6. The molecule has 1 aliphatic rings. The molecule has 1 fully saturated rings. The van der Waals surface area contributed by atoms with Crippen molar-refractivity contribution in [2.75, 3.05) is 12.0 Å². The minimum absolute atomic E-state index is 0.146. The average molecular weight is 483 g/mol. The van der Waals surface area contributed by atoms with Gasteiger partial charge in [0.25, 0.3) is 11.7 Å². The lowest BCUT2D eigenvalue weighted by molar-refractivity contribution is -0.132. The van der Waals surface area contributed by atoms with Crippen molar-refractivity contribution in [2.24, 2.45) is 5.14 Å². The monoisotopic (exact) mass is 482 g/mol. The Morgan fingerprint density at radius 3 is 2.26 bits per heavy atom. The third-order valence-corrected chi connectivity index (χ3v) is 6.54. The molecule has 9 nitrogen and oxygen atoms in total. The van der Waals surface area contributed by atoms with Crippen LogP contribution in [0.2, 0.25) is 0 Å². The number of furan rings is 1. The first-order chi connectivity index (χ1) is 16.0. The van der Waals surface area contributed by atoms with Crippen molar-refractivity contribution in [1.82, 2.24) is 0 Å². The fraction of sp³-hybridized carbons (Fsp3) is 0.167. The number of carbonyl (C=O) groups is 2. The number of Topliss-reactive ketones (excluding diaryl/α,β-unsaturated/α-hetero) is 1. The van der Waals surface area contributed by atoms with Gasteiger partial charge in [-0.05, 0) is 74.0 Å². The summed E-state index contributed by atoms with van der Waals surface area (Å²) < 4.78 is 34.2. The third kappa shape index (κ3) is 3.97. The number of methoxy groups -OCH3 is 1. The molecule has 0 saturated carbocycles. The molecule has 0 radical (unpaired) electrons. The number of benzene rings is 2. The van der Waals surface area contributed by atoms with Crippen LogP contribution in [0.4, 0.5) is 5.69 Å². The van der Waals surface area contributed by atoms with Crippen LogP contribution in [0.15, 0.2) is 69.5 Å².